The molecule has 2 aliphatic heterocycles. The number of thioether (sulfide) groups is 1. The van der Waals surface area contributed by atoms with Crippen molar-refractivity contribution in [3.8, 4) is 0 Å². The Labute approximate surface area is 205 Å². The molecule has 1 saturated carbocycles. The van der Waals surface area contributed by atoms with Crippen molar-refractivity contribution in [1.82, 2.24) is 19.4 Å². The molecule has 3 fully saturated rings. The van der Waals surface area contributed by atoms with Gasteiger partial charge in [0.15, 0.2) is 5.16 Å². The molecule has 1 aliphatic carbocycles. The molecule has 2 saturated heterocycles. The van der Waals surface area contributed by atoms with Crippen molar-refractivity contribution in [2.75, 3.05) is 45.1 Å². The SMILES string of the molecule is O=C(CSc1nc2ccccc2c(=O)n1CCCN1CCOCC1)N1CCCC2CCCCC21. The zero-order valence-corrected chi connectivity index (χ0v) is 20.8. The topological polar surface area (TPSA) is 67.7 Å². The first kappa shape index (κ1) is 23.8. The quantitative estimate of drug-likeness (QED) is 0.443. The molecule has 0 N–H and O–H groups in total. The molecule has 0 bridgehead atoms. The average Bonchev–Trinajstić information content (AvgIpc) is 2.89. The minimum Gasteiger partial charge on any atom is -0.379 e. The first-order chi connectivity index (χ1) is 16.7. The Kier molecular flexibility index (Phi) is 7.87. The molecule has 34 heavy (non-hydrogen) atoms. The van der Waals surface area contributed by atoms with Crippen LogP contribution in [0.1, 0.15) is 44.9 Å². The van der Waals surface area contributed by atoms with E-state index >= 15 is 0 Å². The number of morpholine rings is 1. The zero-order valence-electron chi connectivity index (χ0n) is 20.0. The normalized spacial score (nSPS) is 23.7. The molecule has 2 unspecified atom stereocenters. The number of aromatic nitrogens is 2. The van der Waals surface area contributed by atoms with Gasteiger partial charge in [0.1, 0.15) is 0 Å². The van der Waals surface area contributed by atoms with Crippen LogP contribution in [-0.2, 0) is 16.1 Å². The summed E-state index contributed by atoms with van der Waals surface area (Å²) in [6, 6.07) is 7.94. The van der Waals surface area contributed by atoms with E-state index in [1.54, 1.807) is 4.57 Å². The third-order valence-corrected chi connectivity index (χ3v) is 8.64. The van der Waals surface area contributed by atoms with E-state index in [1.165, 1.54) is 37.4 Å². The Morgan fingerprint density at radius 3 is 2.71 bits per heavy atom. The maximum Gasteiger partial charge on any atom is 0.262 e. The number of nitrogens with zero attached hydrogens (tertiary/aromatic N) is 4. The third-order valence-electron chi connectivity index (χ3n) is 7.67. The van der Waals surface area contributed by atoms with Crippen LogP contribution in [0.4, 0.5) is 0 Å². The van der Waals surface area contributed by atoms with E-state index in [-0.39, 0.29) is 11.5 Å². The average molecular weight is 485 g/mol. The molecule has 3 heterocycles. The molecular formula is C26H36N4O3S. The van der Waals surface area contributed by atoms with Gasteiger partial charge in [-0.15, -0.1) is 0 Å². The van der Waals surface area contributed by atoms with Gasteiger partial charge in [0.25, 0.3) is 5.56 Å². The summed E-state index contributed by atoms with van der Waals surface area (Å²) in [7, 11) is 0. The van der Waals surface area contributed by atoms with Crippen LogP contribution in [0.5, 0.6) is 0 Å². The number of rotatable bonds is 7. The lowest BCUT2D eigenvalue weighted by molar-refractivity contribution is -0.134. The number of fused-ring (bicyclic) bond motifs is 2. The second-order valence-corrected chi connectivity index (χ2v) is 10.7. The molecule has 184 valence electrons. The molecule has 2 aromatic rings. The summed E-state index contributed by atoms with van der Waals surface area (Å²) >= 11 is 1.43. The Hall–Kier alpha value is -1.90. The van der Waals surface area contributed by atoms with Gasteiger partial charge in [0.05, 0.1) is 29.9 Å². The molecule has 1 amide bonds. The summed E-state index contributed by atoms with van der Waals surface area (Å²) in [4.78, 5) is 36.0. The van der Waals surface area contributed by atoms with Crippen LogP contribution >= 0.6 is 11.8 Å². The minimum absolute atomic E-state index is 0.00663. The third kappa shape index (κ3) is 5.34. The fourth-order valence-electron chi connectivity index (χ4n) is 5.88. The van der Waals surface area contributed by atoms with Crippen molar-refractivity contribution in [3.63, 3.8) is 0 Å². The zero-order chi connectivity index (χ0) is 23.3. The number of piperidine rings is 1. The summed E-state index contributed by atoms with van der Waals surface area (Å²) in [6.07, 6.45) is 8.17. The number of para-hydroxylation sites is 1. The standard InChI is InChI=1S/C26H36N4O3S/c31-24(29-13-5-8-20-7-1-4-11-23(20)29)19-34-26-27-22-10-3-2-9-21(22)25(32)30(26)14-6-12-28-15-17-33-18-16-28/h2-3,9-10,20,23H,1,4-8,11-19H2. The van der Waals surface area contributed by atoms with Gasteiger partial charge in [0.2, 0.25) is 5.91 Å². The van der Waals surface area contributed by atoms with Crippen LogP contribution in [0.2, 0.25) is 0 Å². The molecular weight excluding hydrogens is 448 g/mol. The van der Waals surface area contributed by atoms with E-state index in [0.29, 0.717) is 40.3 Å². The number of hydrogen-bond donors (Lipinski definition) is 0. The van der Waals surface area contributed by atoms with E-state index in [2.05, 4.69) is 9.80 Å². The van der Waals surface area contributed by atoms with Gasteiger partial charge in [-0.25, -0.2) is 4.98 Å². The van der Waals surface area contributed by atoms with Crippen molar-refractivity contribution in [1.29, 1.82) is 0 Å². The lowest BCUT2D eigenvalue weighted by atomic mass is 9.78. The first-order valence-electron chi connectivity index (χ1n) is 12.9. The van der Waals surface area contributed by atoms with Crippen molar-refractivity contribution in [2.45, 2.75) is 62.7 Å². The van der Waals surface area contributed by atoms with Gasteiger partial charge >= 0.3 is 0 Å². The van der Waals surface area contributed by atoms with Crippen molar-refractivity contribution in [3.05, 3.63) is 34.6 Å². The Bertz CT molecular complexity index is 1050. The fourth-order valence-corrected chi connectivity index (χ4v) is 6.79. The fraction of sp³-hybridized carbons (Fsp3) is 0.654. The molecule has 0 spiro atoms. The van der Waals surface area contributed by atoms with E-state index in [0.717, 1.165) is 58.7 Å². The lowest BCUT2D eigenvalue weighted by Crippen LogP contribution is -2.50. The number of likely N-dealkylation sites (tertiary alicyclic amines) is 1. The van der Waals surface area contributed by atoms with Crippen LogP contribution < -0.4 is 5.56 Å². The van der Waals surface area contributed by atoms with Crippen molar-refractivity contribution in [2.24, 2.45) is 5.92 Å². The molecule has 7 nitrogen and oxygen atoms in total. The van der Waals surface area contributed by atoms with Gasteiger partial charge in [-0.05, 0) is 50.2 Å². The highest BCUT2D eigenvalue weighted by Gasteiger charge is 2.35. The Morgan fingerprint density at radius 2 is 1.82 bits per heavy atom. The van der Waals surface area contributed by atoms with Gasteiger partial charge in [-0.2, -0.15) is 0 Å². The maximum atomic E-state index is 13.3. The van der Waals surface area contributed by atoms with Gasteiger partial charge in [-0.1, -0.05) is 36.7 Å². The largest absolute Gasteiger partial charge is 0.379 e. The first-order valence-corrected chi connectivity index (χ1v) is 13.9. The number of ether oxygens (including phenoxy) is 1. The van der Waals surface area contributed by atoms with E-state index in [1.807, 2.05) is 24.3 Å². The molecule has 2 atom stereocenters. The Morgan fingerprint density at radius 1 is 1.03 bits per heavy atom. The summed E-state index contributed by atoms with van der Waals surface area (Å²) < 4.78 is 7.23. The monoisotopic (exact) mass is 484 g/mol. The number of carbonyl (C=O) groups excluding carboxylic acids is 1. The predicted octanol–water partition coefficient (Wildman–Crippen LogP) is 3.39. The van der Waals surface area contributed by atoms with Gasteiger partial charge in [-0.3, -0.25) is 19.1 Å². The summed E-state index contributed by atoms with van der Waals surface area (Å²) in [5.41, 5.74) is 0.699. The highest BCUT2D eigenvalue weighted by Crippen LogP contribution is 2.35. The second-order valence-electron chi connectivity index (χ2n) is 9.81. The number of hydrogen-bond acceptors (Lipinski definition) is 6. The van der Waals surface area contributed by atoms with E-state index < -0.39 is 0 Å². The second kappa shape index (κ2) is 11.2. The molecule has 0 radical (unpaired) electrons. The van der Waals surface area contributed by atoms with Gasteiger partial charge < -0.3 is 9.64 Å². The number of amides is 1. The minimum atomic E-state index is -0.00663. The Balaban J connectivity index is 1.30. The summed E-state index contributed by atoms with van der Waals surface area (Å²) in [5.74, 6) is 1.22. The predicted molar refractivity (Wildman–Crippen MR) is 135 cm³/mol. The summed E-state index contributed by atoms with van der Waals surface area (Å²) in [5, 5.41) is 1.31. The van der Waals surface area contributed by atoms with Crippen LogP contribution in [-0.4, -0.2) is 76.4 Å². The summed E-state index contributed by atoms with van der Waals surface area (Å²) in [6.45, 7) is 5.86. The van der Waals surface area contributed by atoms with Crippen molar-refractivity contribution >= 4 is 28.6 Å². The van der Waals surface area contributed by atoms with E-state index in [4.69, 9.17) is 9.72 Å². The van der Waals surface area contributed by atoms with Crippen molar-refractivity contribution < 1.29 is 9.53 Å². The number of benzene rings is 1. The molecule has 8 heteroatoms. The highest BCUT2D eigenvalue weighted by atomic mass is 32.2. The molecule has 1 aromatic carbocycles. The molecule has 3 aliphatic rings. The van der Waals surface area contributed by atoms with Crippen LogP contribution in [0, 0.1) is 5.92 Å². The highest BCUT2D eigenvalue weighted by molar-refractivity contribution is 7.99. The maximum absolute atomic E-state index is 13.3. The number of carbonyl (C=O) groups is 1. The van der Waals surface area contributed by atoms with Crippen LogP contribution in [0.15, 0.2) is 34.2 Å². The molecule has 5 rings (SSSR count). The smallest absolute Gasteiger partial charge is 0.262 e. The van der Waals surface area contributed by atoms with Gasteiger partial charge in [0, 0.05) is 38.8 Å². The lowest BCUT2D eigenvalue weighted by Gasteiger charge is -2.44. The molecule has 1 aromatic heterocycles. The van der Waals surface area contributed by atoms with Crippen LogP contribution in [0.3, 0.4) is 0 Å². The van der Waals surface area contributed by atoms with E-state index in [9.17, 15) is 9.59 Å². The van der Waals surface area contributed by atoms with Crippen LogP contribution in [0.25, 0.3) is 10.9 Å².